The Hall–Kier alpha value is -1.10. The average Bonchev–Trinajstić information content (AvgIpc) is 2.45. The lowest BCUT2D eigenvalue weighted by Gasteiger charge is -2.43. The van der Waals surface area contributed by atoms with Crippen LogP contribution in [0.3, 0.4) is 0 Å². The van der Waals surface area contributed by atoms with Gasteiger partial charge in [-0.05, 0) is 44.1 Å². The second-order valence-electron chi connectivity index (χ2n) is 6.64. The molecule has 0 radical (unpaired) electrons. The van der Waals surface area contributed by atoms with E-state index in [-0.39, 0.29) is 29.3 Å². The first kappa shape index (κ1) is 15.3. The van der Waals surface area contributed by atoms with Crippen molar-refractivity contribution in [2.24, 2.45) is 5.41 Å². The van der Waals surface area contributed by atoms with E-state index in [9.17, 15) is 9.59 Å². The van der Waals surface area contributed by atoms with Crippen molar-refractivity contribution >= 4 is 11.8 Å². The van der Waals surface area contributed by atoms with Gasteiger partial charge in [0, 0.05) is 13.6 Å². The fourth-order valence-corrected chi connectivity index (χ4v) is 3.43. The number of likely N-dealkylation sites (tertiary alicyclic amines) is 1. The number of amides is 2. The molecular formula is C15H27N3O2. The third-order valence-electron chi connectivity index (χ3n) is 4.71. The maximum absolute atomic E-state index is 12.9. The minimum Gasteiger partial charge on any atom is -0.357 e. The first-order chi connectivity index (χ1) is 9.47. The Morgan fingerprint density at radius 1 is 1.25 bits per heavy atom. The van der Waals surface area contributed by atoms with E-state index in [1.54, 1.807) is 11.9 Å². The van der Waals surface area contributed by atoms with Crippen molar-refractivity contribution in [2.45, 2.75) is 58.0 Å². The van der Waals surface area contributed by atoms with Crippen molar-refractivity contribution in [3.63, 3.8) is 0 Å². The Morgan fingerprint density at radius 2 is 2.00 bits per heavy atom. The molecule has 0 spiro atoms. The van der Waals surface area contributed by atoms with Gasteiger partial charge in [0.05, 0.1) is 6.04 Å². The van der Waals surface area contributed by atoms with Crippen molar-refractivity contribution in [3.05, 3.63) is 0 Å². The van der Waals surface area contributed by atoms with E-state index >= 15 is 0 Å². The summed E-state index contributed by atoms with van der Waals surface area (Å²) in [7, 11) is 1.64. The Bertz CT molecular complexity index is 381. The summed E-state index contributed by atoms with van der Waals surface area (Å²) < 4.78 is 0. The van der Waals surface area contributed by atoms with Crippen LogP contribution < -0.4 is 10.6 Å². The number of carbonyl (C=O) groups is 2. The van der Waals surface area contributed by atoms with Gasteiger partial charge in [0.25, 0.3) is 0 Å². The van der Waals surface area contributed by atoms with E-state index in [0.29, 0.717) is 6.54 Å². The normalized spacial score (nSPS) is 29.9. The number of piperidine rings is 2. The number of nitrogens with zero attached hydrogens (tertiary/aromatic N) is 1. The molecule has 2 aliphatic rings. The van der Waals surface area contributed by atoms with Gasteiger partial charge < -0.3 is 15.5 Å². The van der Waals surface area contributed by atoms with Crippen LogP contribution >= 0.6 is 0 Å². The lowest BCUT2D eigenvalue weighted by molar-refractivity contribution is -0.146. The summed E-state index contributed by atoms with van der Waals surface area (Å²) in [5.74, 6) is 0.0645. The Kier molecular flexibility index (Phi) is 4.68. The molecule has 0 aromatic carbocycles. The maximum Gasteiger partial charge on any atom is 0.242 e. The summed E-state index contributed by atoms with van der Waals surface area (Å²) >= 11 is 0. The smallest absolute Gasteiger partial charge is 0.242 e. The van der Waals surface area contributed by atoms with Crippen LogP contribution in [0.2, 0.25) is 0 Å². The largest absolute Gasteiger partial charge is 0.357 e. The SMILES string of the molecule is CNC(=O)C1CCCCN1C(=O)C1NCCCC1(C)C. The molecule has 2 N–H and O–H groups in total. The molecule has 0 bridgehead atoms. The molecule has 2 heterocycles. The molecule has 0 saturated carbocycles. The van der Waals surface area contributed by atoms with Crippen molar-refractivity contribution in [1.29, 1.82) is 0 Å². The quantitative estimate of drug-likeness (QED) is 0.790. The first-order valence-electron chi connectivity index (χ1n) is 7.73. The number of nitrogens with one attached hydrogen (secondary N) is 2. The minimum absolute atomic E-state index is 0.0355. The van der Waals surface area contributed by atoms with Crippen molar-refractivity contribution in [1.82, 2.24) is 15.5 Å². The summed E-state index contributed by atoms with van der Waals surface area (Å²) in [5, 5.41) is 6.05. The van der Waals surface area contributed by atoms with Gasteiger partial charge in [0.1, 0.15) is 6.04 Å². The van der Waals surface area contributed by atoms with E-state index in [0.717, 1.165) is 38.6 Å². The zero-order valence-corrected chi connectivity index (χ0v) is 12.9. The van der Waals surface area contributed by atoms with Gasteiger partial charge in [0.2, 0.25) is 11.8 Å². The second-order valence-corrected chi connectivity index (χ2v) is 6.64. The van der Waals surface area contributed by atoms with Crippen LogP contribution in [-0.4, -0.2) is 48.9 Å². The molecule has 2 unspecified atom stereocenters. The van der Waals surface area contributed by atoms with Gasteiger partial charge in [-0.15, -0.1) is 0 Å². The molecular weight excluding hydrogens is 254 g/mol. The number of likely N-dealkylation sites (N-methyl/N-ethyl adjacent to an activating group) is 1. The van der Waals surface area contributed by atoms with E-state index in [1.807, 2.05) is 0 Å². The molecule has 2 rings (SSSR count). The molecule has 2 amide bonds. The van der Waals surface area contributed by atoms with Crippen LogP contribution in [0.4, 0.5) is 0 Å². The zero-order chi connectivity index (χ0) is 14.8. The van der Waals surface area contributed by atoms with E-state index in [2.05, 4.69) is 24.5 Å². The summed E-state index contributed by atoms with van der Waals surface area (Å²) in [6.07, 6.45) is 4.94. The van der Waals surface area contributed by atoms with Gasteiger partial charge in [-0.1, -0.05) is 13.8 Å². The van der Waals surface area contributed by atoms with Gasteiger partial charge in [-0.2, -0.15) is 0 Å². The van der Waals surface area contributed by atoms with Crippen LogP contribution in [0.15, 0.2) is 0 Å². The molecule has 2 aliphatic heterocycles. The Morgan fingerprint density at radius 3 is 2.65 bits per heavy atom. The monoisotopic (exact) mass is 281 g/mol. The molecule has 5 nitrogen and oxygen atoms in total. The predicted octanol–water partition coefficient (Wildman–Crippen LogP) is 0.892. The lowest BCUT2D eigenvalue weighted by Crippen LogP contribution is -2.61. The standard InChI is InChI=1S/C15H27N3O2/c1-15(2)8-6-9-17-12(15)14(20)18-10-5-4-7-11(18)13(19)16-3/h11-12,17H,4-10H2,1-3H3,(H,16,19). The number of hydrogen-bond acceptors (Lipinski definition) is 3. The zero-order valence-electron chi connectivity index (χ0n) is 12.9. The van der Waals surface area contributed by atoms with Crippen LogP contribution in [0.25, 0.3) is 0 Å². The lowest BCUT2D eigenvalue weighted by atomic mass is 9.76. The molecule has 0 aliphatic carbocycles. The predicted molar refractivity (Wildman–Crippen MR) is 78.2 cm³/mol. The molecule has 0 aromatic rings. The van der Waals surface area contributed by atoms with Crippen molar-refractivity contribution in [2.75, 3.05) is 20.1 Å². The minimum atomic E-state index is -0.291. The van der Waals surface area contributed by atoms with E-state index in [4.69, 9.17) is 0 Å². The third kappa shape index (κ3) is 2.97. The molecule has 2 fully saturated rings. The molecule has 114 valence electrons. The summed E-state index contributed by atoms with van der Waals surface area (Å²) in [6.45, 7) is 5.87. The fraction of sp³-hybridized carbons (Fsp3) is 0.867. The average molecular weight is 281 g/mol. The van der Waals surface area contributed by atoms with Crippen LogP contribution in [0, 0.1) is 5.41 Å². The van der Waals surface area contributed by atoms with Gasteiger partial charge in [-0.3, -0.25) is 9.59 Å². The highest BCUT2D eigenvalue weighted by atomic mass is 16.2. The molecule has 2 saturated heterocycles. The Labute approximate surface area is 121 Å². The molecule has 2 atom stereocenters. The van der Waals surface area contributed by atoms with Gasteiger partial charge in [0.15, 0.2) is 0 Å². The maximum atomic E-state index is 12.9. The molecule has 20 heavy (non-hydrogen) atoms. The molecule has 0 aromatic heterocycles. The van der Waals surface area contributed by atoms with Crippen molar-refractivity contribution < 1.29 is 9.59 Å². The Balaban J connectivity index is 2.14. The van der Waals surface area contributed by atoms with Crippen molar-refractivity contribution in [3.8, 4) is 0 Å². The first-order valence-corrected chi connectivity index (χ1v) is 7.73. The topological polar surface area (TPSA) is 61.4 Å². The highest BCUT2D eigenvalue weighted by Crippen LogP contribution is 2.32. The van der Waals surface area contributed by atoms with E-state index in [1.165, 1.54) is 0 Å². The summed E-state index contributed by atoms with van der Waals surface area (Å²) in [5.41, 5.74) is -0.0416. The number of rotatable bonds is 2. The second kappa shape index (κ2) is 6.12. The van der Waals surface area contributed by atoms with E-state index < -0.39 is 0 Å². The summed E-state index contributed by atoms with van der Waals surface area (Å²) in [6, 6.07) is -0.456. The number of carbonyl (C=O) groups excluding carboxylic acids is 2. The highest BCUT2D eigenvalue weighted by Gasteiger charge is 2.42. The van der Waals surface area contributed by atoms with Gasteiger partial charge in [-0.25, -0.2) is 0 Å². The number of hydrogen-bond donors (Lipinski definition) is 2. The molecule has 5 heteroatoms. The summed E-state index contributed by atoms with van der Waals surface area (Å²) in [4.78, 5) is 26.7. The van der Waals surface area contributed by atoms with Crippen LogP contribution in [0.5, 0.6) is 0 Å². The van der Waals surface area contributed by atoms with Crippen LogP contribution in [0.1, 0.15) is 46.0 Å². The van der Waals surface area contributed by atoms with Crippen LogP contribution in [-0.2, 0) is 9.59 Å². The fourth-order valence-electron chi connectivity index (χ4n) is 3.43. The highest BCUT2D eigenvalue weighted by molar-refractivity contribution is 5.90. The third-order valence-corrected chi connectivity index (χ3v) is 4.71. The van der Waals surface area contributed by atoms with Gasteiger partial charge >= 0.3 is 0 Å².